The number of nitrogens with one attached hydrogen (secondary N) is 1. The molecule has 3 aliphatic carbocycles. The van der Waals surface area contributed by atoms with Crippen molar-refractivity contribution in [2.45, 2.75) is 57.5 Å². The van der Waals surface area contributed by atoms with Gasteiger partial charge in [0, 0.05) is 6.04 Å². The molecule has 0 spiro atoms. The van der Waals surface area contributed by atoms with E-state index in [1.807, 2.05) is 0 Å². The molecule has 0 aromatic carbocycles. The first-order valence-electron chi connectivity index (χ1n) is 8.93. The smallest absolute Gasteiger partial charge is 0.243 e. The lowest BCUT2D eigenvalue weighted by Crippen LogP contribution is -2.51. The van der Waals surface area contributed by atoms with Crippen LogP contribution in [0.4, 0.5) is 0 Å². The Kier molecular flexibility index (Phi) is 3.54. The molecule has 5 nitrogen and oxygen atoms in total. The zero-order chi connectivity index (χ0) is 16.1. The largest absolute Gasteiger partial charge is 0.352 e. The van der Waals surface area contributed by atoms with Gasteiger partial charge in [0.15, 0.2) is 0 Å². The van der Waals surface area contributed by atoms with Crippen LogP contribution in [-0.2, 0) is 14.4 Å². The van der Waals surface area contributed by atoms with Crippen molar-refractivity contribution in [1.82, 2.24) is 10.2 Å². The lowest BCUT2D eigenvalue weighted by Gasteiger charge is -2.28. The van der Waals surface area contributed by atoms with Gasteiger partial charge in [-0.1, -0.05) is 31.4 Å². The summed E-state index contributed by atoms with van der Waals surface area (Å²) in [5.41, 5.74) is 0. The summed E-state index contributed by atoms with van der Waals surface area (Å²) >= 11 is 0. The van der Waals surface area contributed by atoms with Crippen molar-refractivity contribution in [2.75, 3.05) is 0 Å². The summed E-state index contributed by atoms with van der Waals surface area (Å²) in [4.78, 5) is 39.2. The molecule has 1 heterocycles. The highest BCUT2D eigenvalue weighted by atomic mass is 16.2. The number of hydrogen-bond donors (Lipinski definition) is 1. The van der Waals surface area contributed by atoms with Gasteiger partial charge in [-0.05, 0) is 38.0 Å². The minimum absolute atomic E-state index is 0.136. The quantitative estimate of drug-likeness (QED) is 0.636. The maximum Gasteiger partial charge on any atom is 0.243 e. The van der Waals surface area contributed by atoms with Crippen LogP contribution in [0.3, 0.4) is 0 Å². The molecular formula is C18H24N2O3. The van der Waals surface area contributed by atoms with Gasteiger partial charge in [0.2, 0.25) is 17.7 Å². The molecule has 4 aliphatic rings. The summed E-state index contributed by atoms with van der Waals surface area (Å²) in [6, 6.07) is -0.495. The fourth-order valence-electron chi connectivity index (χ4n) is 4.99. The Labute approximate surface area is 136 Å². The van der Waals surface area contributed by atoms with Gasteiger partial charge in [0.1, 0.15) is 6.04 Å². The number of nitrogens with zero attached hydrogens (tertiary/aromatic N) is 1. The zero-order valence-electron chi connectivity index (χ0n) is 13.5. The minimum Gasteiger partial charge on any atom is -0.352 e. The molecule has 1 aliphatic heterocycles. The average Bonchev–Trinajstić information content (AvgIpc) is 3.22. The maximum absolute atomic E-state index is 12.7. The fraction of sp³-hybridized carbons (Fsp3) is 0.722. The second-order valence-corrected chi connectivity index (χ2v) is 7.57. The predicted octanol–water partition coefficient (Wildman–Crippen LogP) is 1.63. The van der Waals surface area contributed by atoms with Crippen molar-refractivity contribution in [1.29, 1.82) is 0 Å². The van der Waals surface area contributed by atoms with Crippen LogP contribution in [0, 0.1) is 23.7 Å². The van der Waals surface area contributed by atoms with Crippen LogP contribution in [0.15, 0.2) is 12.2 Å². The van der Waals surface area contributed by atoms with E-state index in [9.17, 15) is 14.4 Å². The van der Waals surface area contributed by atoms with Crippen LogP contribution < -0.4 is 5.32 Å². The van der Waals surface area contributed by atoms with Gasteiger partial charge in [-0.15, -0.1) is 0 Å². The van der Waals surface area contributed by atoms with E-state index in [4.69, 9.17) is 0 Å². The lowest BCUT2D eigenvalue weighted by molar-refractivity contribution is -0.148. The Hall–Kier alpha value is -1.65. The van der Waals surface area contributed by atoms with Crippen molar-refractivity contribution in [3.8, 4) is 0 Å². The standard InChI is InChI=1S/C18H24N2O3/c1-10(16(21)19-13-5-3-2-4-6-13)20-17(22)14-11-7-8-12(9-11)15(14)18(20)23/h7-8,10-15H,2-6,9H2,1H3,(H,19,21)/t10-,11+,12+,14-,15+/m0/s1. The maximum atomic E-state index is 12.7. The monoisotopic (exact) mass is 316 g/mol. The van der Waals surface area contributed by atoms with E-state index in [-0.39, 0.29) is 47.4 Å². The summed E-state index contributed by atoms with van der Waals surface area (Å²) in [7, 11) is 0. The van der Waals surface area contributed by atoms with Crippen molar-refractivity contribution in [3.05, 3.63) is 12.2 Å². The second kappa shape index (κ2) is 5.46. The van der Waals surface area contributed by atoms with E-state index < -0.39 is 6.04 Å². The normalized spacial score (nSPS) is 37.3. The average molecular weight is 316 g/mol. The van der Waals surface area contributed by atoms with Crippen molar-refractivity contribution in [2.24, 2.45) is 23.7 Å². The highest BCUT2D eigenvalue weighted by molar-refractivity contribution is 6.09. The van der Waals surface area contributed by atoms with Gasteiger partial charge in [-0.3, -0.25) is 19.3 Å². The first-order chi connectivity index (χ1) is 11.1. The molecule has 124 valence electrons. The number of imide groups is 1. The van der Waals surface area contributed by atoms with Gasteiger partial charge in [-0.2, -0.15) is 0 Å². The fourth-order valence-corrected chi connectivity index (χ4v) is 4.99. The number of rotatable bonds is 3. The van der Waals surface area contributed by atoms with E-state index in [2.05, 4.69) is 17.5 Å². The van der Waals surface area contributed by atoms with Gasteiger partial charge in [-0.25, -0.2) is 0 Å². The Morgan fingerprint density at radius 3 is 2.22 bits per heavy atom. The van der Waals surface area contributed by atoms with E-state index in [1.165, 1.54) is 11.3 Å². The SMILES string of the molecule is C[C@@H](C(=O)NC1CCCCC1)N1C(=O)[C@@H]2[C@H](C1=O)[C@@H]1C=C[C@@H]2C1. The number of fused-ring (bicyclic) bond motifs is 5. The van der Waals surface area contributed by atoms with Gasteiger partial charge in [0.05, 0.1) is 11.8 Å². The molecule has 3 fully saturated rings. The highest BCUT2D eigenvalue weighted by Crippen LogP contribution is 2.52. The first kappa shape index (κ1) is 14.9. The van der Waals surface area contributed by atoms with Crippen molar-refractivity contribution >= 4 is 17.7 Å². The van der Waals surface area contributed by atoms with Gasteiger partial charge in [0.25, 0.3) is 0 Å². The summed E-state index contributed by atoms with van der Waals surface area (Å²) in [6.07, 6.45) is 10.6. The van der Waals surface area contributed by atoms with Gasteiger partial charge < -0.3 is 5.32 Å². The highest BCUT2D eigenvalue weighted by Gasteiger charge is 2.60. The molecule has 5 heteroatoms. The summed E-state index contributed by atoms with van der Waals surface area (Å²) < 4.78 is 0. The Balaban J connectivity index is 1.46. The molecule has 2 bridgehead atoms. The minimum atomic E-state index is -0.693. The first-order valence-corrected chi connectivity index (χ1v) is 8.93. The molecule has 1 saturated heterocycles. The Morgan fingerprint density at radius 1 is 1.09 bits per heavy atom. The van der Waals surface area contributed by atoms with E-state index in [0.717, 1.165) is 32.1 Å². The molecule has 3 amide bonds. The van der Waals surface area contributed by atoms with Crippen LogP contribution in [0.1, 0.15) is 45.4 Å². The zero-order valence-corrected chi connectivity index (χ0v) is 13.5. The molecule has 5 atom stereocenters. The number of amides is 3. The predicted molar refractivity (Wildman–Crippen MR) is 84.0 cm³/mol. The topological polar surface area (TPSA) is 66.5 Å². The molecule has 0 aromatic rings. The number of carbonyl (C=O) groups excluding carboxylic acids is 3. The van der Waals surface area contributed by atoms with Crippen LogP contribution in [-0.4, -0.2) is 34.7 Å². The Morgan fingerprint density at radius 2 is 1.65 bits per heavy atom. The molecule has 23 heavy (non-hydrogen) atoms. The van der Waals surface area contributed by atoms with Crippen LogP contribution >= 0.6 is 0 Å². The van der Waals surface area contributed by atoms with Crippen LogP contribution in [0.2, 0.25) is 0 Å². The Bertz CT molecular complexity index is 549. The third-order valence-electron chi connectivity index (χ3n) is 6.22. The third kappa shape index (κ3) is 2.24. The number of hydrogen-bond acceptors (Lipinski definition) is 3. The summed E-state index contributed by atoms with van der Waals surface area (Å²) in [5.74, 6) is -0.504. The van der Waals surface area contributed by atoms with Crippen molar-refractivity contribution in [3.63, 3.8) is 0 Å². The molecule has 0 radical (unpaired) electrons. The lowest BCUT2D eigenvalue weighted by atomic mass is 9.85. The molecule has 0 aromatic heterocycles. The molecule has 0 unspecified atom stereocenters. The van der Waals surface area contributed by atoms with E-state index >= 15 is 0 Å². The van der Waals surface area contributed by atoms with E-state index in [0.29, 0.717) is 0 Å². The number of likely N-dealkylation sites (tertiary alicyclic amines) is 1. The second-order valence-electron chi connectivity index (χ2n) is 7.57. The van der Waals surface area contributed by atoms with Crippen LogP contribution in [0.25, 0.3) is 0 Å². The number of carbonyl (C=O) groups is 3. The van der Waals surface area contributed by atoms with E-state index in [1.54, 1.807) is 6.92 Å². The molecule has 2 saturated carbocycles. The van der Waals surface area contributed by atoms with Crippen LogP contribution in [0.5, 0.6) is 0 Å². The van der Waals surface area contributed by atoms with Gasteiger partial charge >= 0.3 is 0 Å². The number of allylic oxidation sites excluding steroid dienone is 2. The third-order valence-corrected chi connectivity index (χ3v) is 6.22. The summed E-state index contributed by atoms with van der Waals surface area (Å²) in [5, 5.41) is 3.04. The molecule has 1 N–H and O–H groups in total. The van der Waals surface area contributed by atoms with Crippen molar-refractivity contribution < 1.29 is 14.4 Å². The molecular weight excluding hydrogens is 292 g/mol. The summed E-state index contributed by atoms with van der Waals surface area (Å²) in [6.45, 7) is 1.68. The molecule has 4 rings (SSSR count).